The van der Waals surface area contributed by atoms with Crippen LogP contribution < -0.4 is 0 Å². The zero-order valence-electron chi connectivity index (χ0n) is 23.5. The molecule has 0 aromatic heterocycles. The number of Topliss-reactive ketones (excluding diaryl/α,β-unsaturated/α-hetero) is 1. The molecule has 1 saturated heterocycles. The van der Waals surface area contributed by atoms with Crippen molar-refractivity contribution in [1.29, 1.82) is 10.8 Å². The summed E-state index contributed by atoms with van der Waals surface area (Å²) in [6.07, 6.45) is 8.56. The maximum atomic E-state index is 14.5. The highest BCUT2D eigenvalue weighted by atomic mass is 35.5. The van der Waals surface area contributed by atoms with Gasteiger partial charge in [0.1, 0.15) is 5.82 Å². The van der Waals surface area contributed by atoms with Crippen molar-refractivity contribution in [3.05, 3.63) is 70.0 Å². The van der Waals surface area contributed by atoms with Gasteiger partial charge in [0.2, 0.25) is 0 Å². The number of halogens is 4. The Hall–Kier alpha value is -2.55. The van der Waals surface area contributed by atoms with Crippen LogP contribution in [0, 0.1) is 28.3 Å². The molecule has 41 heavy (non-hydrogen) atoms. The molecule has 0 unspecified atom stereocenters. The first-order valence-electron chi connectivity index (χ1n) is 14.7. The van der Waals surface area contributed by atoms with Gasteiger partial charge in [-0.1, -0.05) is 43.0 Å². The van der Waals surface area contributed by atoms with E-state index in [4.69, 9.17) is 22.4 Å². The van der Waals surface area contributed by atoms with Crippen LogP contribution in [0.4, 0.5) is 13.2 Å². The van der Waals surface area contributed by atoms with Crippen LogP contribution in [0.1, 0.15) is 68.9 Å². The molecule has 1 atom stereocenters. The van der Waals surface area contributed by atoms with E-state index in [1.54, 1.807) is 0 Å². The molecule has 0 bridgehead atoms. The molecule has 222 valence electrons. The number of nitrogens with one attached hydrogen (secondary N) is 2. The van der Waals surface area contributed by atoms with Crippen molar-refractivity contribution in [3.8, 4) is 0 Å². The van der Waals surface area contributed by atoms with Gasteiger partial charge in [-0.15, -0.1) is 0 Å². The van der Waals surface area contributed by atoms with Crippen LogP contribution in [-0.2, 0) is 16.6 Å². The summed E-state index contributed by atoms with van der Waals surface area (Å²) in [5.41, 5.74) is -0.558. The number of rotatable bonds is 13. The van der Waals surface area contributed by atoms with E-state index in [-0.39, 0.29) is 29.1 Å². The Balaban J connectivity index is 1.52. The zero-order valence-corrected chi connectivity index (χ0v) is 24.3. The number of ketones is 1. The van der Waals surface area contributed by atoms with Gasteiger partial charge in [0.25, 0.3) is 0 Å². The number of benzene rings is 2. The third-order valence-corrected chi connectivity index (χ3v) is 9.31. The summed E-state index contributed by atoms with van der Waals surface area (Å²) in [6, 6.07) is 8.60. The molecule has 1 aliphatic carbocycles. The third kappa shape index (κ3) is 8.05. The Morgan fingerprint density at radius 3 is 2.37 bits per heavy atom. The normalized spacial score (nSPS) is 18.6. The van der Waals surface area contributed by atoms with E-state index in [1.165, 1.54) is 62.6 Å². The lowest BCUT2D eigenvalue weighted by Gasteiger charge is -2.42. The van der Waals surface area contributed by atoms with E-state index in [2.05, 4.69) is 9.80 Å². The molecular weight excluding hydrogens is 549 g/mol. The van der Waals surface area contributed by atoms with Crippen molar-refractivity contribution < 1.29 is 18.0 Å². The van der Waals surface area contributed by atoms with Crippen LogP contribution in [0.5, 0.6) is 0 Å². The summed E-state index contributed by atoms with van der Waals surface area (Å²) in [5.74, 6) is -3.13. The Kier molecular flexibility index (Phi) is 11.1. The lowest BCUT2D eigenvalue weighted by Crippen LogP contribution is -2.51. The average molecular weight is 589 g/mol. The summed E-state index contributed by atoms with van der Waals surface area (Å²) in [4.78, 5) is 18.1. The predicted molar refractivity (Wildman–Crippen MR) is 158 cm³/mol. The van der Waals surface area contributed by atoms with Gasteiger partial charge in [-0.2, -0.15) is 0 Å². The Labute approximate surface area is 246 Å². The Morgan fingerprint density at radius 1 is 0.976 bits per heavy atom. The smallest absolute Gasteiger partial charge is 0.180 e. The molecule has 2 aromatic rings. The van der Waals surface area contributed by atoms with Gasteiger partial charge in [-0.25, -0.2) is 13.2 Å². The molecule has 5 nitrogen and oxygen atoms in total. The molecule has 4 rings (SSSR count). The average Bonchev–Trinajstić information content (AvgIpc) is 2.98. The molecule has 1 saturated carbocycles. The molecule has 2 N–H and O–H groups in total. The maximum Gasteiger partial charge on any atom is 0.180 e. The fourth-order valence-electron chi connectivity index (χ4n) is 6.44. The molecule has 2 aromatic carbocycles. The monoisotopic (exact) mass is 588 g/mol. The summed E-state index contributed by atoms with van der Waals surface area (Å²) >= 11 is 6.13. The molecule has 1 heterocycles. The van der Waals surface area contributed by atoms with Crippen molar-refractivity contribution >= 4 is 29.3 Å². The van der Waals surface area contributed by atoms with Gasteiger partial charge in [-0.05, 0) is 74.7 Å². The molecule has 2 fully saturated rings. The molecule has 9 heteroatoms. The SMILES string of the molecule is N=CCC[C@](CCN1CCN(C2CCCCC2)CC1)(CC(=N)C(=O)Cc1c(F)cccc1Cl)c1ccc(F)c(F)c1. The Morgan fingerprint density at radius 2 is 1.71 bits per heavy atom. The second-order valence-electron chi connectivity index (χ2n) is 11.5. The van der Waals surface area contributed by atoms with Crippen LogP contribution in [0.2, 0.25) is 5.02 Å². The first-order valence-corrected chi connectivity index (χ1v) is 15.0. The van der Waals surface area contributed by atoms with Gasteiger partial charge in [0, 0.05) is 61.1 Å². The minimum absolute atomic E-state index is 0.0289. The molecule has 1 aliphatic heterocycles. The Bertz CT molecular complexity index is 1210. The third-order valence-electron chi connectivity index (χ3n) is 8.95. The standard InChI is InChI=1S/C32H40ClF3N4O/c33-26-8-4-9-27(34)25(26)21-31(41)30(38)22-32(12-5-14-37,23-10-11-28(35)29(36)20-23)13-15-39-16-18-40(19-17-39)24-6-2-1-3-7-24/h4,8-11,14,20,24,37-38H,1-3,5-7,12-13,15-19,21-22H2/t32-/m0/s1. The van der Waals surface area contributed by atoms with Crippen LogP contribution in [0.15, 0.2) is 36.4 Å². The minimum Gasteiger partial charge on any atom is -0.313 e. The van der Waals surface area contributed by atoms with Crippen LogP contribution in [-0.4, -0.2) is 66.3 Å². The van der Waals surface area contributed by atoms with E-state index in [1.807, 2.05) is 0 Å². The highest BCUT2D eigenvalue weighted by molar-refractivity contribution is 6.40. The summed E-state index contributed by atoms with van der Waals surface area (Å²) in [7, 11) is 0. The lowest BCUT2D eigenvalue weighted by molar-refractivity contribution is -0.112. The first-order chi connectivity index (χ1) is 19.7. The molecule has 0 spiro atoms. The summed E-state index contributed by atoms with van der Waals surface area (Å²) in [6.45, 7) is 4.44. The van der Waals surface area contributed by atoms with Gasteiger partial charge >= 0.3 is 0 Å². The fraction of sp³-hybridized carbons (Fsp3) is 0.531. The highest BCUT2D eigenvalue weighted by Crippen LogP contribution is 2.38. The quantitative estimate of drug-likeness (QED) is 0.248. The van der Waals surface area contributed by atoms with Crippen molar-refractivity contribution in [2.24, 2.45) is 0 Å². The van der Waals surface area contributed by atoms with E-state index < -0.39 is 28.6 Å². The molecule has 0 amide bonds. The highest BCUT2D eigenvalue weighted by Gasteiger charge is 2.36. The zero-order chi connectivity index (χ0) is 29.4. The fourth-order valence-corrected chi connectivity index (χ4v) is 6.67. The van der Waals surface area contributed by atoms with Crippen molar-refractivity contribution in [2.45, 2.75) is 75.7 Å². The maximum absolute atomic E-state index is 14.5. The van der Waals surface area contributed by atoms with Gasteiger partial charge in [0.15, 0.2) is 17.4 Å². The number of hydrogen-bond donors (Lipinski definition) is 2. The van der Waals surface area contributed by atoms with Crippen LogP contribution in [0.3, 0.4) is 0 Å². The topological polar surface area (TPSA) is 71.2 Å². The van der Waals surface area contributed by atoms with Gasteiger partial charge < -0.3 is 15.7 Å². The summed E-state index contributed by atoms with van der Waals surface area (Å²) < 4.78 is 42.8. The molecular formula is C32H40ClF3N4O. The van der Waals surface area contributed by atoms with E-state index in [0.717, 1.165) is 38.3 Å². The van der Waals surface area contributed by atoms with Gasteiger partial charge in [-0.3, -0.25) is 9.69 Å². The van der Waals surface area contributed by atoms with E-state index in [0.29, 0.717) is 37.4 Å². The predicted octanol–water partition coefficient (Wildman–Crippen LogP) is 6.99. The van der Waals surface area contributed by atoms with E-state index in [9.17, 15) is 18.0 Å². The second-order valence-corrected chi connectivity index (χ2v) is 11.9. The first kappa shape index (κ1) is 31.4. The lowest BCUT2D eigenvalue weighted by atomic mass is 9.69. The summed E-state index contributed by atoms with van der Waals surface area (Å²) in [5, 5.41) is 16.5. The molecule has 0 radical (unpaired) electrons. The van der Waals surface area contributed by atoms with Crippen LogP contribution in [0.25, 0.3) is 0 Å². The minimum atomic E-state index is -0.987. The van der Waals surface area contributed by atoms with Gasteiger partial charge in [0.05, 0.1) is 5.71 Å². The number of nitrogens with zero attached hydrogens (tertiary/aromatic N) is 2. The van der Waals surface area contributed by atoms with Crippen molar-refractivity contribution in [1.82, 2.24) is 9.80 Å². The van der Waals surface area contributed by atoms with Crippen molar-refractivity contribution in [2.75, 3.05) is 32.7 Å². The van der Waals surface area contributed by atoms with Crippen molar-refractivity contribution in [3.63, 3.8) is 0 Å². The largest absolute Gasteiger partial charge is 0.313 e. The van der Waals surface area contributed by atoms with Crippen LogP contribution >= 0.6 is 11.6 Å². The second kappa shape index (κ2) is 14.6. The van der Waals surface area contributed by atoms with E-state index >= 15 is 0 Å². The number of hydrogen-bond acceptors (Lipinski definition) is 5. The molecule has 2 aliphatic rings. The number of piperazine rings is 1. The number of carbonyl (C=O) groups is 1. The number of carbonyl (C=O) groups excluding carboxylic acids is 1.